The van der Waals surface area contributed by atoms with Gasteiger partial charge in [-0.05, 0) is 67.2 Å². The summed E-state index contributed by atoms with van der Waals surface area (Å²) in [6.45, 7) is 10.2. The van der Waals surface area contributed by atoms with Gasteiger partial charge >= 0.3 is 18.0 Å². The molecule has 2 fully saturated rings. The number of carbonyl (C=O) groups excluding carboxylic acids is 2. The molecule has 0 aromatic carbocycles. The number of aliphatic carboxylic acids is 1. The molecular formula is C25H45N2O6+. The average Bonchev–Trinajstić information content (AvgIpc) is 2.66. The first kappa shape index (κ1) is 29.1. The number of carboxylic acids is 1. The van der Waals surface area contributed by atoms with Gasteiger partial charge in [0.15, 0.2) is 0 Å². The van der Waals surface area contributed by atoms with Crippen LogP contribution in [-0.4, -0.2) is 57.2 Å². The first-order valence-corrected chi connectivity index (χ1v) is 12.3. The molecule has 3 N–H and O–H groups in total. The van der Waals surface area contributed by atoms with Gasteiger partial charge in [0.25, 0.3) is 12.3 Å². The fourth-order valence-electron chi connectivity index (χ4n) is 4.13. The molecule has 0 saturated heterocycles. The summed E-state index contributed by atoms with van der Waals surface area (Å²) in [6.07, 6.45) is 11.0. The SMILES string of the molecule is CC(C)(C)OC(=O)C=[N+](C(=O)OC(C)(C)C)[C@H](C(=O)O)C1CCCCC1.NC1CCCCC1. The van der Waals surface area contributed by atoms with Crippen LogP contribution in [0.5, 0.6) is 0 Å². The Kier molecular flexibility index (Phi) is 11.5. The van der Waals surface area contributed by atoms with Gasteiger partial charge in [-0.3, -0.25) is 0 Å². The lowest BCUT2D eigenvalue weighted by atomic mass is 9.83. The topological polar surface area (TPSA) is 119 Å². The number of hydrogen-bond acceptors (Lipinski definition) is 6. The van der Waals surface area contributed by atoms with Crippen molar-refractivity contribution in [3.63, 3.8) is 0 Å². The number of nitrogens with two attached hydrogens (primary N) is 1. The van der Waals surface area contributed by atoms with Gasteiger partial charge < -0.3 is 20.3 Å². The number of ether oxygens (including phenoxy) is 2. The Bertz CT molecular complexity index is 678. The van der Waals surface area contributed by atoms with Crippen LogP contribution in [0.25, 0.3) is 0 Å². The number of rotatable bonds is 4. The molecular weight excluding hydrogens is 424 g/mol. The molecule has 0 aromatic heterocycles. The van der Waals surface area contributed by atoms with Crippen LogP contribution in [-0.2, 0) is 19.1 Å². The van der Waals surface area contributed by atoms with Crippen LogP contribution in [0.1, 0.15) is 106 Å². The minimum absolute atomic E-state index is 0.229. The van der Waals surface area contributed by atoms with Crippen molar-refractivity contribution in [2.75, 3.05) is 0 Å². The molecule has 2 aliphatic rings. The smallest absolute Gasteiger partial charge is 0.476 e. The highest BCUT2D eigenvalue weighted by atomic mass is 16.6. The van der Waals surface area contributed by atoms with Gasteiger partial charge in [0, 0.05) is 12.0 Å². The molecule has 8 heteroatoms. The Balaban J connectivity index is 0.000000657. The van der Waals surface area contributed by atoms with Crippen LogP contribution in [0.2, 0.25) is 0 Å². The molecule has 2 aliphatic carbocycles. The third-order valence-corrected chi connectivity index (χ3v) is 5.55. The molecule has 0 unspecified atom stereocenters. The molecule has 0 aromatic rings. The Labute approximate surface area is 198 Å². The van der Waals surface area contributed by atoms with E-state index in [0.717, 1.165) is 30.1 Å². The number of carbonyl (C=O) groups is 3. The minimum Gasteiger partial charge on any atom is -0.476 e. The van der Waals surface area contributed by atoms with E-state index in [1.807, 2.05) is 0 Å². The van der Waals surface area contributed by atoms with E-state index < -0.39 is 35.3 Å². The molecule has 0 aliphatic heterocycles. The highest BCUT2D eigenvalue weighted by Crippen LogP contribution is 2.28. The number of nitrogens with zero attached hydrogens (tertiary/aromatic N) is 1. The van der Waals surface area contributed by atoms with Crippen molar-refractivity contribution in [3.05, 3.63) is 0 Å². The third-order valence-electron chi connectivity index (χ3n) is 5.55. The van der Waals surface area contributed by atoms with Crippen molar-refractivity contribution in [1.82, 2.24) is 0 Å². The predicted molar refractivity (Wildman–Crippen MR) is 127 cm³/mol. The molecule has 190 valence electrons. The fraction of sp³-hybridized carbons (Fsp3) is 0.840. The fourth-order valence-corrected chi connectivity index (χ4v) is 4.13. The number of hydrogen-bond donors (Lipinski definition) is 2. The maximum absolute atomic E-state index is 12.6. The second-order valence-corrected chi connectivity index (χ2v) is 11.1. The number of carboxylic acid groups (broad SMARTS) is 1. The number of amides is 1. The monoisotopic (exact) mass is 469 g/mol. The van der Waals surface area contributed by atoms with E-state index in [1.165, 1.54) is 32.1 Å². The zero-order valence-electron chi connectivity index (χ0n) is 21.4. The molecule has 0 radical (unpaired) electrons. The highest BCUT2D eigenvalue weighted by molar-refractivity contribution is 6.22. The Hall–Kier alpha value is -1.96. The van der Waals surface area contributed by atoms with Gasteiger partial charge in [-0.25, -0.2) is 9.59 Å². The van der Waals surface area contributed by atoms with Crippen LogP contribution in [0.4, 0.5) is 4.79 Å². The summed E-state index contributed by atoms with van der Waals surface area (Å²) in [7, 11) is 0. The second-order valence-electron chi connectivity index (χ2n) is 11.1. The van der Waals surface area contributed by atoms with Gasteiger partial charge in [0.2, 0.25) is 0 Å². The maximum atomic E-state index is 12.6. The molecule has 1 atom stereocenters. The second kappa shape index (κ2) is 13.1. The standard InChI is InChI=1S/C19H31NO6.C6H13N/c1-18(2,3)25-14(21)12-20(17(24)26-19(4,5)6)15(16(22)23)13-10-8-7-9-11-13;7-6-4-2-1-3-5-6/h12-13,15H,7-11H2,1-6H3;6H,1-5,7H2/p+1/t15-;/m0./s1. The van der Waals surface area contributed by atoms with E-state index in [-0.39, 0.29) is 5.92 Å². The summed E-state index contributed by atoms with van der Waals surface area (Å²) in [5, 5.41) is 9.77. The van der Waals surface area contributed by atoms with E-state index in [4.69, 9.17) is 15.2 Å². The van der Waals surface area contributed by atoms with Crippen LogP contribution < -0.4 is 5.73 Å². The summed E-state index contributed by atoms with van der Waals surface area (Å²) in [4.78, 5) is 36.8. The highest BCUT2D eigenvalue weighted by Gasteiger charge is 2.45. The molecule has 1 amide bonds. The van der Waals surface area contributed by atoms with Gasteiger partial charge in [0.1, 0.15) is 11.2 Å². The van der Waals surface area contributed by atoms with Crippen molar-refractivity contribution >= 4 is 24.2 Å². The van der Waals surface area contributed by atoms with Crippen molar-refractivity contribution in [2.45, 2.75) is 129 Å². The van der Waals surface area contributed by atoms with E-state index in [9.17, 15) is 19.5 Å². The largest absolute Gasteiger partial charge is 0.597 e. The molecule has 0 bridgehead atoms. The average molecular weight is 470 g/mol. The van der Waals surface area contributed by atoms with Crippen LogP contribution in [0.3, 0.4) is 0 Å². The van der Waals surface area contributed by atoms with E-state index in [1.54, 1.807) is 41.5 Å². The summed E-state index contributed by atoms with van der Waals surface area (Å²) in [5.74, 6) is -2.15. The summed E-state index contributed by atoms with van der Waals surface area (Å²) < 4.78 is 11.5. The third kappa shape index (κ3) is 12.2. The van der Waals surface area contributed by atoms with Gasteiger partial charge in [-0.1, -0.05) is 38.5 Å². The molecule has 2 saturated carbocycles. The normalized spacial score (nSPS) is 19.7. The lowest BCUT2D eigenvalue weighted by Crippen LogP contribution is -2.47. The molecule has 2 rings (SSSR count). The summed E-state index contributed by atoms with van der Waals surface area (Å²) in [6, 6.07) is -0.619. The van der Waals surface area contributed by atoms with Gasteiger partial charge in [0.05, 0.1) is 0 Å². The van der Waals surface area contributed by atoms with E-state index >= 15 is 0 Å². The van der Waals surface area contributed by atoms with E-state index in [2.05, 4.69) is 0 Å². The lowest BCUT2D eigenvalue weighted by Gasteiger charge is -2.25. The van der Waals surface area contributed by atoms with Crippen molar-refractivity contribution < 1.29 is 33.5 Å². The van der Waals surface area contributed by atoms with Crippen LogP contribution >= 0.6 is 0 Å². The van der Waals surface area contributed by atoms with Crippen molar-refractivity contribution in [3.8, 4) is 0 Å². The number of esters is 1. The summed E-state index contributed by atoms with van der Waals surface area (Å²) >= 11 is 0. The first-order valence-electron chi connectivity index (χ1n) is 12.3. The predicted octanol–water partition coefficient (Wildman–Crippen LogP) is 4.66. The quantitative estimate of drug-likeness (QED) is 0.349. The zero-order valence-corrected chi connectivity index (χ0v) is 21.4. The molecule has 33 heavy (non-hydrogen) atoms. The van der Waals surface area contributed by atoms with Gasteiger partial charge in [-0.15, -0.1) is 4.58 Å². The molecule has 0 heterocycles. The van der Waals surface area contributed by atoms with E-state index in [0.29, 0.717) is 18.9 Å². The lowest BCUT2D eigenvalue weighted by molar-refractivity contribution is -0.486. The van der Waals surface area contributed by atoms with Gasteiger partial charge in [-0.2, -0.15) is 4.79 Å². The Morgan fingerprint density at radius 2 is 1.30 bits per heavy atom. The maximum Gasteiger partial charge on any atom is 0.597 e. The molecule has 0 spiro atoms. The first-order chi connectivity index (χ1) is 15.2. The van der Waals surface area contributed by atoms with Crippen LogP contribution in [0.15, 0.2) is 0 Å². The minimum atomic E-state index is -1.15. The van der Waals surface area contributed by atoms with Crippen molar-refractivity contribution in [1.29, 1.82) is 0 Å². The van der Waals surface area contributed by atoms with Crippen molar-refractivity contribution in [2.24, 2.45) is 11.7 Å². The Morgan fingerprint density at radius 1 is 0.848 bits per heavy atom. The zero-order chi connectivity index (χ0) is 25.2. The Morgan fingerprint density at radius 3 is 1.67 bits per heavy atom. The summed E-state index contributed by atoms with van der Waals surface area (Å²) in [5.41, 5.74) is 4.07. The van der Waals surface area contributed by atoms with Crippen LogP contribution in [0, 0.1) is 5.92 Å². The molecule has 8 nitrogen and oxygen atoms in total.